The van der Waals surface area contributed by atoms with Gasteiger partial charge in [0, 0.05) is 28.7 Å². The number of nitrogens with zero attached hydrogens (tertiary/aromatic N) is 2. The number of hydrogen-bond donors (Lipinski definition) is 2. The lowest BCUT2D eigenvalue weighted by Crippen LogP contribution is -2.01. The maximum Gasteiger partial charge on any atom is 0.119 e. The highest BCUT2D eigenvalue weighted by molar-refractivity contribution is 6.25. The Balaban J connectivity index is 1.57. The summed E-state index contributed by atoms with van der Waals surface area (Å²) in [6.07, 6.45) is 2.77. The molecule has 0 atom stereocenters. The van der Waals surface area contributed by atoms with E-state index in [1.807, 2.05) is 30.3 Å². The van der Waals surface area contributed by atoms with Gasteiger partial charge < -0.3 is 14.7 Å². The van der Waals surface area contributed by atoms with E-state index in [-0.39, 0.29) is 0 Å². The summed E-state index contributed by atoms with van der Waals surface area (Å²) < 4.78 is 5.27. The number of allylic oxidation sites excluding steroid dienone is 1. The summed E-state index contributed by atoms with van der Waals surface area (Å²) in [5.41, 5.74) is 9.26. The quantitative estimate of drug-likeness (QED) is 0.419. The van der Waals surface area contributed by atoms with Crippen LogP contribution in [-0.4, -0.2) is 28.5 Å². The third-order valence-electron chi connectivity index (χ3n) is 5.53. The monoisotopic (exact) mass is 408 g/mol. The Kier molecular flexibility index (Phi) is 4.79. The van der Waals surface area contributed by atoms with Crippen molar-refractivity contribution in [1.29, 1.82) is 0 Å². The van der Waals surface area contributed by atoms with E-state index in [1.165, 1.54) is 10.9 Å². The van der Waals surface area contributed by atoms with E-state index in [9.17, 15) is 0 Å². The van der Waals surface area contributed by atoms with Crippen LogP contribution >= 0.6 is 0 Å². The highest BCUT2D eigenvalue weighted by Crippen LogP contribution is 2.28. The summed E-state index contributed by atoms with van der Waals surface area (Å²) in [7, 11) is 1.67. The first-order chi connectivity index (χ1) is 15.1. The molecule has 0 radical (unpaired) electrons. The molecule has 1 aliphatic rings. The molecule has 0 amide bonds. The predicted octanol–water partition coefficient (Wildman–Crippen LogP) is 6.13. The molecular formula is C26H24N4O. The van der Waals surface area contributed by atoms with Gasteiger partial charge in [-0.15, -0.1) is 0 Å². The molecule has 4 aromatic rings. The Bertz CT molecular complexity index is 1320. The largest absolute Gasteiger partial charge is 0.497 e. The van der Waals surface area contributed by atoms with E-state index in [1.54, 1.807) is 7.11 Å². The van der Waals surface area contributed by atoms with Crippen molar-refractivity contribution in [3.8, 4) is 5.75 Å². The third kappa shape index (κ3) is 3.82. The number of aromatic nitrogens is 2. The van der Waals surface area contributed by atoms with Crippen LogP contribution in [0.2, 0.25) is 0 Å². The number of nitrogens with one attached hydrogen (secondary N) is 2. The number of aromatic amines is 2. The van der Waals surface area contributed by atoms with Crippen LogP contribution in [0.5, 0.6) is 5.75 Å². The number of aliphatic imine (C=N–C) groups is 2. The van der Waals surface area contributed by atoms with E-state index in [0.29, 0.717) is 6.42 Å². The zero-order valence-electron chi connectivity index (χ0n) is 17.9. The maximum atomic E-state index is 5.27. The molecule has 0 unspecified atom stereocenters. The van der Waals surface area contributed by atoms with Gasteiger partial charge in [-0.3, -0.25) is 4.99 Å². The summed E-state index contributed by atoms with van der Waals surface area (Å²) in [6, 6.07) is 20.4. The molecule has 5 nitrogen and oxygen atoms in total. The number of hydrogen-bond acceptors (Lipinski definition) is 3. The lowest BCUT2D eigenvalue weighted by Gasteiger charge is -2.02. The number of ether oxygens (including phenoxy) is 1. The van der Waals surface area contributed by atoms with Crippen molar-refractivity contribution in [2.75, 3.05) is 7.11 Å². The van der Waals surface area contributed by atoms with Crippen LogP contribution in [0.3, 0.4) is 0 Å². The van der Waals surface area contributed by atoms with E-state index in [0.717, 1.165) is 51.2 Å². The van der Waals surface area contributed by atoms with E-state index in [4.69, 9.17) is 14.7 Å². The zero-order chi connectivity index (χ0) is 21.4. The molecule has 5 heteroatoms. The van der Waals surface area contributed by atoms with Gasteiger partial charge in [-0.2, -0.15) is 0 Å². The fraction of sp³-hybridized carbons (Fsp3) is 0.154. The number of aryl methyl sites for hydroxylation is 2. The summed E-state index contributed by atoms with van der Waals surface area (Å²) in [4.78, 5) is 16.8. The van der Waals surface area contributed by atoms with Gasteiger partial charge in [0.05, 0.1) is 35.6 Å². The SMILES string of the molecule is COc1ccc(N=C2CC(c3cc4ccccc4[nH]3)=NC2=Cc2[nH]c(C)cc2C)cc1. The van der Waals surface area contributed by atoms with Crippen molar-refractivity contribution in [2.24, 2.45) is 9.98 Å². The number of benzene rings is 2. The van der Waals surface area contributed by atoms with E-state index >= 15 is 0 Å². The van der Waals surface area contributed by atoms with Gasteiger partial charge in [0.1, 0.15) is 5.75 Å². The van der Waals surface area contributed by atoms with Crippen LogP contribution in [0.1, 0.15) is 29.1 Å². The third-order valence-corrected chi connectivity index (χ3v) is 5.53. The first-order valence-electron chi connectivity index (χ1n) is 10.3. The molecule has 0 bridgehead atoms. The van der Waals surface area contributed by atoms with Gasteiger partial charge in [-0.25, -0.2) is 4.99 Å². The first kappa shape index (κ1) is 19.1. The highest BCUT2D eigenvalue weighted by Gasteiger charge is 2.22. The number of para-hydroxylation sites is 1. The van der Waals surface area contributed by atoms with Crippen molar-refractivity contribution in [3.63, 3.8) is 0 Å². The number of methoxy groups -OCH3 is 1. The van der Waals surface area contributed by atoms with E-state index < -0.39 is 0 Å². The van der Waals surface area contributed by atoms with Crippen molar-refractivity contribution in [1.82, 2.24) is 9.97 Å². The van der Waals surface area contributed by atoms with Gasteiger partial charge in [-0.05, 0) is 68.0 Å². The van der Waals surface area contributed by atoms with Crippen LogP contribution in [0, 0.1) is 13.8 Å². The van der Waals surface area contributed by atoms with Crippen LogP contribution in [0.4, 0.5) is 5.69 Å². The Morgan fingerprint density at radius 1 is 1.00 bits per heavy atom. The summed E-state index contributed by atoms with van der Waals surface area (Å²) in [6.45, 7) is 4.17. The standard InChI is InChI=1S/C26H24N4O/c1-16-12-17(2)27-22(16)14-25-24(28-19-8-10-20(31-3)11-9-19)15-26(30-25)23-13-18-6-4-5-7-21(18)29-23/h4-14,27,29H,15H2,1-3H3. The minimum Gasteiger partial charge on any atom is -0.497 e. The van der Waals surface area contributed by atoms with Crippen molar-refractivity contribution in [3.05, 3.63) is 89.0 Å². The average Bonchev–Trinajstić information content (AvgIpc) is 3.46. The molecule has 5 rings (SSSR count). The fourth-order valence-corrected chi connectivity index (χ4v) is 3.94. The van der Waals surface area contributed by atoms with Gasteiger partial charge >= 0.3 is 0 Å². The van der Waals surface area contributed by atoms with Crippen LogP contribution < -0.4 is 4.74 Å². The second-order valence-corrected chi connectivity index (χ2v) is 7.84. The normalized spacial score (nSPS) is 16.4. The van der Waals surface area contributed by atoms with Crippen LogP contribution in [0.25, 0.3) is 17.0 Å². The molecule has 0 saturated heterocycles. The van der Waals surface area contributed by atoms with Crippen molar-refractivity contribution >= 4 is 34.1 Å². The Labute approximate surface area is 181 Å². The second-order valence-electron chi connectivity index (χ2n) is 7.84. The Hall–Kier alpha value is -3.86. The molecule has 0 saturated carbocycles. The molecule has 0 fully saturated rings. The smallest absolute Gasteiger partial charge is 0.119 e. The number of H-pyrrole nitrogens is 2. The minimum absolute atomic E-state index is 0.670. The minimum atomic E-state index is 0.670. The van der Waals surface area contributed by atoms with Gasteiger partial charge in [0.2, 0.25) is 0 Å². The molecule has 154 valence electrons. The number of rotatable bonds is 4. The molecule has 0 aliphatic carbocycles. The molecule has 2 aromatic heterocycles. The molecule has 2 aromatic carbocycles. The van der Waals surface area contributed by atoms with Gasteiger partial charge in [0.25, 0.3) is 0 Å². The van der Waals surface area contributed by atoms with Crippen LogP contribution in [-0.2, 0) is 0 Å². The predicted molar refractivity (Wildman–Crippen MR) is 128 cm³/mol. The van der Waals surface area contributed by atoms with Gasteiger partial charge in [0.15, 0.2) is 0 Å². The molecule has 3 heterocycles. The maximum absolute atomic E-state index is 5.27. The molecule has 2 N–H and O–H groups in total. The fourth-order valence-electron chi connectivity index (χ4n) is 3.94. The topological polar surface area (TPSA) is 65.5 Å². The van der Waals surface area contributed by atoms with Crippen molar-refractivity contribution in [2.45, 2.75) is 20.3 Å². The van der Waals surface area contributed by atoms with E-state index in [2.05, 4.69) is 60.2 Å². The van der Waals surface area contributed by atoms with Gasteiger partial charge in [-0.1, -0.05) is 18.2 Å². The number of fused-ring (bicyclic) bond motifs is 1. The summed E-state index contributed by atoms with van der Waals surface area (Å²) in [5.74, 6) is 0.818. The summed E-state index contributed by atoms with van der Waals surface area (Å²) >= 11 is 0. The molecule has 31 heavy (non-hydrogen) atoms. The Morgan fingerprint density at radius 2 is 1.81 bits per heavy atom. The van der Waals surface area contributed by atoms with Crippen molar-refractivity contribution < 1.29 is 4.74 Å². The lowest BCUT2D eigenvalue weighted by atomic mass is 10.1. The molecule has 0 spiro atoms. The van der Waals surface area contributed by atoms with Crippen LogP contribution in [0.15, 0.2) is 76.3 Å². The second kappa shape index (κ2) is 7.76. The molecular weight excluding hydrogens is 384 g/mol. The Morgan fingerprint density at radius 3 is 2.52 bits per heavy atom. The average molecular weight is 409 g/mol. The zero-order valence-corrected chi connectivity index (χ0v) is 17.9. The summed E-state index contributed by atoms with van der Waals surface area (Å²) in [5, 5.41) is 1.18. The first-order valence-corrected chi connectivity index (χ1v) is 10.3. The lowest BCUT2D eigenvalue weighted by molar-refractivity contribution is 0.415. The molecule has 1 aliphatic heterocycles. The highest BCUT2D eigenvalue weighted by atomic mass is 16.5.